The Kier molecular flexibility index (Phi) is 5.83. The largest absolute Gasteiger partial charge is 0.379 e. The number of morpholine rings is 1. The van der Waals surface area contributed by atoms with Crippen molar-refractivity contribution in [3.8, 4) is 0 Å². The molecule has 1 aliphatic heterocycles. The predicted octanol–water partition coefficient (Wildman–Crippen LogP) is 0.964. The molecule has 0 bridgehead atoms. The van der Waals surface area contributed by atoms with Crippen molar-refractivity contribution >= 4 is 15.9 Å². The van der Waals surface area contributed by atoms with E-state index in [-0.39, 0.29) is 16.8 Å². The van der Waals surface area contributed by atoms with Crippen molar-refractivity contribution in [2.45, 2.75) is 37.6 Å². The topological polar surface area (TPSA) is 80.6 Å². The van der Waals surface area contributed by atoms with Crippen LogP contribution in [0.2, 0.25) is 0 Å². The summed E-state index contributed by atoms with van der Waals surface area (Å²) in [6.07, 6.45) is 3.35. The predicted molar refractivity (Wildman–Crippen MR) is 86.8 cm³/mol. The highest BCUT2D eigenvalue weighted by Crippen LogP contribution is 2.19. The summed E-state index contributed by atoms with van der Waals surface area (Å²) >= 11 is 0. The Morgan fingerprint density at radius 3 is 2.65 bits per heavy atom. The van der Waals surface area contributed by atoms with Crippen LogP contribution in [0.3, 0.4) is 0 Å². The number of hydrogen-bond acceptors (Lipinski definition) is 4. The van der Waals surface area contributed by atoms with Gasteiger partial charge in [0.15, 0.2) is 0 Å². The zero-order chi connectivity index (χ0) is 17.0. The van der Waals surface area contributed by atoms with E-state index >= 15 is 0 Å². The van der Waals surface area contributed by atoms with Crippen molar-refractivity contribution in [3.63, 3.8) is 0 Å². The number of sulfonamides is 1. The maximum Gasteiger partial charge on any atom is 0.268 e. The molecule has 0 saturated carbocycles. The van der Waals surface area contributed by atoms with E-state index in [1.165, 1.54) is 16.6 Å². The number of rotatable bonds is 6. The van der Waals surface area contributed by atoms with Crippen LogP contribution < -0.4 is 5.32 Å². The first kappa shape index (κ1) is 18.0. The highest BCUT2D eigenvalue weighted by molar-refractivity contribution is 7.89. The van der Waals surface area contributed by atoms with Crippen molar-refractivity contribution in [3.05, 3.63) is 18.0 Å². The van der Waals surface area contributed by atoms with Gasteiger partial charge in [0, 0.05) is 32.4 Å². The Balaban J connectivity index is 2.18. The number of aryl methyl sites for hydroxylation is 1. The molecule has 1 saturated heterocycles. The first-order valence-electron chi connectivity index (χ1n) is 7.91. The van der Waals surface area contributed by atoms with Crippen LogP contribution in [0.5, 0.6) is 0 Å². The van der Waals surface area contributed by atoms with Crippen LogP contribution >= 0.6 is 0 Å². The zero-order valence-electron chi connectivity index (χ0n) is 13.9. The molecule has 1 atom stereocenters. The molecule has 1 aliphatic rings. The molecule has 0 aliphatic carbocycles. The molecule has 130 valence electrons. The lowest BCUT2D eigenvalue weighted by atomic mass is 10.2. The SMILES string of the molecule is CCC[C@H](C)NC(=O)c1cc(S(=O)(=O)N2CCOCC2)cn1C. The van der Waals surface area contributed by atoms with Gasteiger partial charge in [-0.2, -0.15) is 4.31 Å². The summed E-state index contributed by atoms with van der Waals surface area (Å²) in [5.41, 5.74) is 0.347. The molecule has 7 nitrogen and oxygen atoms in total. The summed E-state index contributed by atoms with van der Waals surface area (Å²) in [6, 6.07) is 1.50. The molecule has 0 aromatic carbocycles. The average molecular weight is 343 g/mol. The second kappa shape index (κ2) is 7.46. The smallest absolute Gasteiger partial charge is 0.268 e. The van der Waals surface area contributed by atoms with Crippen molar-refractivity contribution in [1.82, 2.24) is 14.2 Å². The number of amides is 1. The van der Waals surface area contributed by atoms with Gasteiger partial charge in [-0.3, -0.25) is 4.79 Å². The van der Waals surface area contributed by atoms with Gasteiger partial charge in [0.1, 0.15) is 10.6 Å². The Bertz CT molecular complexity index is 648. The second-order valence-electron chi connectivity index (χ2n) is 5.85. The number of carbonyl (C=O) groups excluding carboxylic acids is 1. The first-order valence-corrected chi connectivity index (χ1v) is 9.35. The summed E-state index contributed by atoms with van der Waals surface area (Å²) in [5, 5.41) is 2.89. The minimum Gasteiger partial charge on any atom is -0.379 e. The van der Waals surface area contributed by atoms with Crippen LogP contribution in [0, 0.1) is 0 Å². The van der Waals surface area contributed by atoms with Crippen LogP contribution in [-0.2, 0) is 21.8 Å². The van der Waals surface area contributed by atoms with Gasteiger partial charge in [-0.25, -0.2) is 8.42 Å². The lowest BCUT2D eigenvalue weighted by Crippen LogP contribution is -2.40. The average Bonchev–Trinajstić information content (AvgIpc) is 2.91. The third kappa shape index (κ3) is 4.13. The minimum absolute atomic E-state index is 0.0571. The molecule has 0 radical (unpaired) electrons. The molecule has 23 heavy (non-hydrogen) atoms. The third-order valence-corrected chi connectivity index (χ3v) is 5.78. The molecule has 0 spiro atoms. The lowest BCUT2D eigenvalue weighted by molar-refractivity contribution is 0.0730. The third-order valence-electron chi connectivity index (χ3n) is 3.92. The number of ether oxygens (including phenoxy) is 1. The van der Waals surface area contributed by atoms with E-state index in [0.717, 1.165) is 12.8 Å². The molecule has 8 heteroatoms. The van der Waals surface area contributed by atoms with Crippen LogP contribution in [0.15, 0.2) is 17.2 Å². The maximum absolute atomic E-state index is 12.6. The molecule has 1 amide bonds. The van der Waals surface area contributed by atoms with Crippen molar-refractivity contribution in [2.75, 3.05) is 26.3 Å². The van der Waals surface area contributed by atoms with Gasteiger partial charge in [0.25, 0.3) is 5.91 Å². The first-order chi connectivity index (χ1) is 10.9. The summed E-state index contributed by atoms with van der Waals surface area (Å²) in [6.45, 7) is 5.47. The molecule has 0 unspecified atom stereocenters. The molecule has 1 aromatic rings. The Morgan fingerprint density at radius 2 is 2.04 bits per heavy atom. The van der Waals surface area contributed by atoms with Gasteiger partial charge in [0.05, 0.1) is 13.2 Å². The number of nitrogens with zero attached hydrogens (tertiary/aromatic N) is 2. The molecule has 2 rings (SSSR count). The van der Waals surface area contributed by atoms with Gasteiger partial charge in [0.2, 0.25) is 10.0 Å². The summed E-state index contributed by atoms with van der Waals surface area (Å²) < 4.78 is 33.4. The van der Waals surface area contributed by atoms with E-state index in [2.05, 4.69) is 12.2 Å². The zero-order valence-corrected chi connectivity index (χ0v) is 14.7. The normalized spacial score (nSPS) is 17.9. The molecule has 2 heterocycles. The van der Waals surface area contributed by atoms with Gasteiger partial charge in [-0.05, 0) is 19.4 Å². The lowest BCUT2D eigenvalue weighted by Gasteiger charge is -2.25. The van der Waals surface area contributed by atoms with Crippen LogP contribution in [0.25, 0.3) is 0 Å². The Hall–Kier alpha value is -1.38. The van der Waals surface area contributed by atoms with E-state index in [4.69, 9.17) is 4.74 Å². The summed E-state index contributed by atoms with van der Waals surface area (Å²) in [7, 11) is -1.91. The highest BCUT2D eigenvalue weighted by atomic mass is 32.2. The van der Waals surface area contributed by atoms with Crippen LogP contribution in [0.4, 0.5) is 0 Å². The van der Waals surface area contributed by atoms with Gasteiger partial charge < -0.3 is 14.6 Å². The van der Waals surface area contributed by atoms with E-state index in [1.54, 1.807) is 11.6 Å². The van der Waals surface area contributed by atoms with E-state index < -0.39 is 10.0 Å². The standard InChI is InChI=1S/C15H25N3O4S/c1-4-5-12(2)16-15(19)14-10-13(11-17(14)3)23(20,21)18-6-8-22-9-7-18/h10-12H,4-9H2,1-3H3,(H,16,19)/t12-/m0/s1. The van der Waals surface area contributed by atoms with Crippen molar-refractivity contribution in [2.24, 2.45) is 7.05 Å². The fraction of sp³-hybridized carbons (Fsp3) is 0.667. The second-order valence-corrected chi connectivity index (χ2v) is 7.79. The number of carbonyl (C=O) groups is 1. The van der Waals surface area contributed by atoms with Crippen molar-refractivity contribution in [1.29, 1.82) is 0 Å². The summed E-state index contributed by atoms with van der Waals surface area (Å²) in [5.74, 6) is -0.253. The summed E-state index contributed by atoms with van der Waals surface area (Å²) in [4.78, 5) is 12.5. The van der Waals surface area contributed by atoms with Gasteiger partial charge in [-0.15, -0.1) is 0 Å². The number of aromatic nitrogens is 1. The van der Waals surface area contributed by atoms with Crippen LogP contribution in [-0.4, -0.2) is 55.5 Å². The number of nitrogens with one attached hydrogen (secondary N) is 1. The fourth-order valence-electron chi connectivity index (χ4n) is 2.64. The Labute approximate surface area is 137 Å². The quantitative estimate of drug-likeness (QED) is 0.834. The molecular weight excluding hydrogens is 318 g/mol. The van der Waals surface area contributed by atoms with E-state index in [9.17, 15) is 13.2 Å². The molecule has 1 fully saturated rings. The van der Waals surface area contributed by atoms with Crippen LogP contribution in [0.1, 0.15) is 37.2 Å². The highest BCUT2D eigenvalue weighted by Gasteiger charge is 2.28. The minimum atomic E-state index is -3.58. The van der Waals surface area contributed by atoms with E-state index in [1.807, 2.05) is 6.92 Å². The monoisotopic (exact) mass is 343 g/mol. The van der Waals surface area contributed by atoms with Crippen molar-refractivity contribution < 1.29 is 17.9 Å². The fourth-order valence-corrected chi connectivity index (χ4v) is 4.12. The van der Waals surface area contributed by atoms with Gasteiger partial charge >= 0.3 is 0 Å². The molecule has 1 N–H and O–H groups in total. The van der Waals surface area contributed by atoms with Gasteiger partial charge in [-0.1, -0.05) is 13.3 Å². The maximum atomic E-state index is 12.6. The van der Waals surface area contributed by atoms with E-state index in [0.29, 0.717) is 32.0 Å². The molecular formula is C15H25N3O4S. The Morgan fingerprint density at radius 1 is 1.39 bits per heavy atom. The molecule has 1 aromatic heterocycles. The number of hydrogen-bond donors (Lipinski definition) is 1.